The average molecular weight is 404 g/mol. The van der Waals surface area contributed by atoms with Gasteiger partial charge in [-0.25, -0.2) is 9.97 Å². The van der Waals surface area contributed by atoms with Gasteiger partial charge in [-0.1, -0.05) is 47.7 Å². The van der Waals surface area contributed by atoms with Gasteiger partial charge in [0.05, 0.1) is 13.3 Å². The molecule has 2 aromatic heterocycles. The molecule has 146 valence electrons. The normalized spacial score (nSPS) is 10.7. The third-order valence-corrected chi connectivity index (χ3v) is 5.40. The molecule has 0 spiro atoms. The number of hydrogen-bond donors (Lipinski definition) is 2. The Bertz CT molecular complexity index is 1120. The summed E-state index contributed by atoms with van der Waals surface area (Å²) in [6, 6.07) is 17.8. The summed E-state index contributed by atoms with van der Waals surface area (Å²) in [5.41, 5.74) is 1.14. The molecule has 0 fully saturated rings. The van der Waals surface area contributed by atoms with E-state index in [1.165, 1.54) is 11.3 Å². The summed E-state index contributed by atoms with van der Waals surface area (Å²) in [4.78, 5) is 21.7. The second-order valence-corrected chi connectivity index (χ2v) is 7.42. The first kappa shape index (κ1) is 18.9. The van der Waals surface area contributed by atoms with Crippen LogP contribution in [0.4, 0.5) is 10.9 Å². The minimum atomic E-state index is -0.130. The number of methoxy groups -OCH3 is 1. The average Bonchev–Trinajstić information content (AvgIpc) is 3.23. The van der Waals surface area contributed by atoms with E-state index in [-0.39, 0.29) is 5.91 Å². The molecule has 0 unspecified atom stereocenters. The van der Waals surface area contributed by atoms with Crippen LogP contribution in [-0.2, 0) is 6.42 Å². The molecule has 6 nitrogen and oxygen atoms in total. The Kier molecular flexibility index (Phi) is 5.67. The second kappa shape index (κ2) is 8.70. The van der Waals surface area contributed by atoms with E-state index in [1.807, 2.05) is 54.6 Å². The fourth-order valence-electron chi connectivity index (χ4n) is 2.96. The summed E-state index contributed by atoms with van der Waals surface area (Å²) >= 11 is 1.30. The van der Waals surface area contributed by atoms with E-state index in [1.54, 1.807) is 19.5 Å². The zero-order chi connectivity index (χ0) is 20.1. The van der Waals surface area contributed by atoms with Gasteiger partial charge in [-0.05, 0) is 35.6 Å². The van der Waals surface area contributed by atoms with Crippen LogP contribution in [0.3, 0.4) is 0 Å². The van der Waals surface area contributed by atoms with E-state index >= 15 is 0 Å². The predicted octanol–water partition coefficient (Wildman–Crippen LogP) is 4.42. The molecule has 1 amide bonds. The molecule has 29 heavy (non-hydrogen) atoms. The number of carbonyl (C=O) groups excluding carboxylic acids is 1. The topological polar surface area (TPSA) is 76.1 Å². The lowest BCUT2D eigenvalue weighted by Gasteiger charge is -2.06. The maximum Gasteiger partial charge on any atom is 0.263 e. The van der Waals surface area contributed by atoms with Gasteiger partial charge in [0.15, 0.2) is 5.13 Å². The SMILES string of the molecule is COc1ccc(CCNC(=O)c2cnc(Nc3nccc4ccccc34)s2)cc1. The van der Waals surface area contributed by atoms with Gasteiger partial charge in [0.1, 0.15) is 16.4 Å². The summed E-state index contributed by atoms with van der Waals surface area (Å²) in [5, 5.41) is 8.90. The molecule has 0 bridgehead atoms. The zero-order valence-electron chi connectivity index (χ0n) is 15.9. The van der Waals surface area contributed by atoms with Gasteiger partial charge in [0.2, 0.25) is 0 Å². The Morgan fingerprint density at radius 2 is 1.90 bits per heavy atom. The molecule has 7 heteroatoms. The lowest BCUT2D eigenvalue weighted by atomic mass is 10.1. The highest BCUT2D eigenvalue weighted by atomic mass is 32.1. The van der Waals surface area contributed by atoms with Gasteiger partial charge in [-0.3, -0.25) is 4.79 Å². The molecule has 4 rings (SSSR count). The quantitative estimate of drug-likeness (QED) is 0.477. The minimum Gasteiger partial charge on any atom is -0.497 e. The van der Waals surface area contributed by atoms with Gasteiger partial charge >= 0.3 is 0 Å². The maximum absolute atomic E-state index is 12.4. The van der Waals surface area contributed by atoms with Crippen LogP contribution in [-0.4, -0.2) is 29.5 Å². The number of pyridine rings is 1. The second-order valence-electron chi connectivity index (χ2n) is 6.39. The summed E-state index contributed by atoms with van der Waals surface area (Å²) in [5.74, 6) is 1.42. The summed E-state index contributed by atoms with van der Waals surface area (Å²) in [6.07, 6.45) is 4.09. The number of aromatic nitrogens is 2. The fraction of sp³-hybridized carbons (Fsp3) is 0.136. The van der Waals surface area contributed by atoms with Crippen LogP contribution in [0.1, 0.15) is 15.2 Å². The van der Waals surface area contributed by atoms with Crippen molar-refractivity contribution in [2.45, 2.75) is 6.42 Å². The van der Waals surface area contributed by atoms with Crippen LogP contribution in [0.5, 0.6) is 5.75 Å². The fourth-order valence-corrected chi connectivity index (χ4v) is 3.69. The molecule has 4 aromatic rings. The number of ether oxygens (including phenoxy) is 1. The highest BCUT2D eigenvalue weighted by molar-refractivity contribution is 7.17. The summed E-state index contributed by atoms with van der Waals surface area (Å²) in [7, 11) is 1.64. The molecule has 0 aliphatic carbocycles. The number of amides is 1. The van der Waals surface area contributed by atoms with Crippen LogP contribution in [0.25, 0.3) is 10.8 Å². The van der Waals surface area contributed by atoms with Crippen molar-refractivity contribution in [1.82, 2.24) is 15.3 Å². The lowest BCUT2D eigenvalue weighted by Crippen LogP contribution is -2.24. The number of fused-ring (bicyclic) bond motifs is 1. The van der Waals surface area contributed by atoms with Gasteiger partial charge < -0.3 is 15.4 Å². The Morgan fingerprint density at radius 3 is 2.72 bits per heavy atom. The number of nitrogens with one attached hydrogen (secondary N) is 2. The number of anilines is 2. The number of hydrogen-bond acceptors (Lipinski definition) is 6. The number of nitrogens with zero attached hydrogens (tertiary/aromatic N) is 2. The number of thiazole rings is 1. The van der Waals surface area contributed by atoms with Crippen LogP contribution in [0, 0.1) is 0 Å². The number of benzene rings is 2. The molecule has 0 aliphatic heterocycles. The monoisotopic (exact) mass is 404 g/mol. The van der Waals surface area contributed by atoms with E-state index in [4.69, 9.17) is 4.74 Å². The highest BCUT2D eigenvalue weighted by Crippen LogP contribution is 2.26. The maximum atomic E-state index is 12.4. The molecule has 2 aromatic carbocycles. The van der Waals surface area contributed by atoms with Crippen molar-refractivity contribution in [3.05, 3.63) is 77.4 Å². The van der Waals surface area contributed by atoms with Crippen molar-refractivity contribution in [3.63, 3.8) is 0 Å². The molecule has 0 atom stereocenters. The van der Waals surface area contributed by atoms with Gasteiger partial charge in [0.25, 0.3) is 5.91 Å². The Hall–Kier alpha value is -3.45. The lowest BCUT2D eigenvalue weighted by molar-refractivity contribution is 0.0958. The van der Waals surface area contributed by atoms with Crippen molar-refractivity contribution in [1.29, 1.82) is 0 Å². The van der Waals surface area contributed by atoms with E-state index in [9.17, 15) is 4.79 Å². The zero-order valence-corrected chi connectivity index (χ0v) is 16.7. The van der Waals surface area contributed by atoms with Gasteiger partial charge in [-0.2, -0.15) is 0 Å². The van der Waals surface area contributed by atoms with Crippen molar-refractivity contribution >= 4 is 39.0 Å². The third kappa shape index (κ3) is 4.52. The van der Waals surface area contributed by atoms with Gasteiger partial charge in [0, 0.05) is 18.1 Å². The van der Waals surface area contributed by atoms with Crippen LogP contribution in [0.15, 0.2) is 67.0 Å². The van der Waals surface area contributed by atoms with Crippen LogP contribution < -0.4 is 15.4 Å². The Morgan fingerprint density at radius 1 is 1.07 bits per heavy atom. The Labute approximate surface area is 172 Å². The molecule has 0 saturated heterocycles. The van der Waals surface area contributed by atoms with E-state index in [2.05, 4.69) is 20.6 Å². The molecular weight excluding hydrogens is 384 g/mol. The summed E-state index contributed by atoms with van der Waals surface area (Å²) in [6.45, 7) is 0.552. The molecule has 0 saturated carbocycles. The molecule has 0 radical (unpaired) electrons. The smallest absolute Gasteiger partial charge is 0.263 e. The van der Waals surface area contributed by atoms with Gasteiger partial charge in [-0.15, -0.1) is 0 Å². The predicted molar refractivity (Wildman–Crippen MR) is 116 cm³/mol. The minimum absolute atomic E-state index is 0.130. The first-order valence-electron chi connectivity index (χ1n) is 9.20. The molecule has 2 N–H and O–H groups in total. The number of rotatable bonds is 7. The van der Waals surface area contributed by atoms with Crippen molar-refractivity contribution in [2.75, 3.05) is 19.0 Å². The van der Waals surface area contributed by atoms with Crippen molar-refractivity contribution < 1.29 is 9.53 Å². The standard InChI is InChI=1S/C22H20N4O2S/c1-28-17-8-6-15(7-9-17)10-12-24-21(27)19-14-25-22(29-19)26-20-18-5-3-2-4-16(18)11-13-23-20/h2-9,11,13-14H,10,12H2,1H3,(H,24,27)(H,23,25,26). The van der Waals surface area contributed by atoms with E-state index < -0.39 is 0 Å². The summed E-state index contributed by atoms with van der Waals surface area (Å²) < 4.78 is 5.15. The van der Waals surface area contributed by atoms with E-state index in [0.29, 0.717) is 16.6 Å². The van der Waals surface area contributed by atoms with Crippen LogP contribution >= 0.6 is 11.3 Å². The highest BCUT2D eigenvalue weighted by Gasteiger charge is 2.11. The Balaban J connectivity index is 1.36. The molecular formula is C22H20N4O2S. The third-order valence-electron chi connectivity index (χ3n) is 4.49. The number of carbonyl (C=O) groups is 1. The van der Waals surface area contributed by atoms with Crippen molar-refractivity contribution in [2.24, 2.45) is 0 Å². The van der Waals surface area contributed by atoms with Crippen molar-refractivity contribution in [3.8, 4) is 5.75 Å². The molecule has 0 aliphatic rings. The first-order valence-corrected chi connectivity index (χ1v) is 10.0. The molecule has 2 heterocycles. The largest absolute Gasteiger partial charge is 0.497 e. The van der Waals surface area contributed by atoms with Crippen LogP contribution in [0.2, 0.25) is 0 Å². The van der Waals surface area contributed by atoms with E-state index in [0.717, 1.165) is 34.3 Å². The first-order chi connectivity index (χ1) is 14.2.